The van der Waals surface area contributed by atoms with Gasteiger partial charge in [-0.1, -0.05) is 13.8 Å². The molecule has 0 unspecified atom stereocenters. The fourth-order valence-electron chi connectivity index (χ4n) is 2.68. The Labute approximate surface area is 104 Å². The molecule has 96 valence electrons. The lowest BCUT2D eigenvalue weighted by molar-refractivity contribution is 0.0539. The summed E-state index contributed by atoms with van der Waals surface area (Å²) in [7, 11) is 2.09. The second-order valence-electron chi connectivity index (χ2n) is 5.37. The molecule has 1 aliphatic rings. The topological polar surface area (TPSA) is 26.2 Å². The third-order valence-electron chi connectivity index (χ3n) is 3.68. The van der Waals surface area contributed by atoms with Gasteiger partial charge in [0, 0.05) is 38.6 Å². The molecule has 0 radical (unpaired) electrons. The number of ether oxygens (including phenoxy) is 1. The predicted octanol–water partition coefficient (Wildman–Crippen LogP) is 2.18. The molecule has 3 nitrogen and oxygen atoms in total. The highest BCUT2D eigenvalue weighted by Crippen LogP contribution is 2.26. The Bertz CT molecular complexity index is 346. The van der Waals surface area contributed by atoms with Gasteiger partial charge in [-0.3, -0.25) is 0 Å². The fraction of sp³-hybridized carbons (Fsp3) is 0.714. The number of aryl methyl sites for hydroxylation is 1. The van der Waals surface area contributed by atoms with Crippen LogP contribution in [0.15, 0.2) is 18.3 Å². The molecule has 3 heteroatoms. The minimum atomic E-state index is 0.441. The molecule has 1 aromatic rings. The van der Waals surface area contributed by atoms with Crippen molar-refractivity contribution in [2.24, 2.45) is 18.9 Å². The Morgan fingerprint density at radius 2 is 2.35 bits per heavy atom. The predicted molar refractivity (Wildman–Crippen MR) is 69.8 cm³/mol. The Morgan fingerprint density at radius 3 is 3.00 bits per heavy atom. The van der Waals surface area contributed by atoms with Gasteiger partial charge in [0.1, 0.15) is 0 Å². The molecule has 1 N–H and O–H groups in total. The minimum absolute atomic E-state index is 0.441. The van der Waals surface area contributed by atoms with Gasteiger partial charge in [-0.05, 0) is 30.4 Å². The first-order valence-corrected chi connectivity index (χ1v) is 6.61. The van der Waals surface area contributed by atoms with Crippen molar-refractivity contribution >= 4 is 0 Å². The Balaban J connectivity index is 1.77. The van der Waals surface area contributed by atoms with Crippen LogP contribution in [0.4, 0.5) is 0 Å². The van der Waals surface area contributed by atoms with Crippen molar-refractivity contribution in [1.82, 2.24) is 9.88 Å². The molecule has 1 aromatic heterocycles. The molecule has 0 amide bonds. The van der Waals surface area contributed by atoms with Crippen LogP contribution in [0, 0.1) is 11.8 Å². The third kappa shape index (κ3) is 3.11. The fourth-order valence-corrected chi connectivity index (χ4v) is 2.68. The monoisotopic (exact) mass is 236 g/mol. The number of hydrogen-bond acceptors (Lipinski definition) is 2. The molecule has 1 fully saturated rings. The molecule has 2 rings (SSSR count). The van der Waals surface area contributed by atoms with E-state index in [0.717, 1.165) is 19.7 Å². The summed E-state index contributed by atoms with van der Waals surface area (Å²) in [6.07, 6.45) is 3.73. The van der Waals surface area contributed by atoms with Crippen molar-refractivity contribution in [2.75, 3.05) is 13.2 Å². The smallest absolute Gasteiger partial charge is 0.0639 e. The zero-order chi connectivity index (χ0) is 12.3. The zero-order valence-electron chi connectivity index (χ0n) is 11.1. The summed E-state index contributed by atoms with van der Waals surface area (Å²) >= 11 is 0. The number of nitrogens with zero attached hydrogens (tertiary/aromatic N) is 1. The molecule has 1 saturated heterocycles. The Morgan fingerprint density at radius 1 is 1.53 bits per heavy atom. The van der Waals surface area contributed by atoms with E-state index in [1.54, 1.807) is 0 Å². The van der Waals surface area contributed by atoms with Crippen LogP contribution >= 0.6 is 0 Å². The lowest BCUT2D eigenvalue weighted by atomic mass is 9.93. The summed E-state index contributed by atoms with van der Waals surface area (Å²) in [5, 5.41) is 3.55. The van der Waals surface area contributed by atoms with Crippen LogP contribution in [-0.2, 0) is 18.3 Å². The highest BCUT2D eigenvalue weighted by atomic mass is 16.5. The summed E-state index contributed by atoms with van der Waals surface area (Å²) < 4.78 is 7.96. The summed E-state index contributed by atoms with van der Waals surface area (Å²) in [5.74, 6) is 1.30. The molecule has 17 heavy (non-hydrogen) atoms. The summed E-state index contributed by atoms with van der Waals surface area (Å²) in [5.41, 5.74) is 1.34. The minimum Gasteiger partial charge on any atom is -0.378 e. The third-order valence-corrected chi connectivity index (χ3v) is 3.68. The van der Waals surface area contributed by atoms with Crippen LogP contribution in [0.2, 0.25) is 0 Å². The molecule has 0 aliphatic carbocycles. The number of nitrogens with one attached hydrogen (secondary N) is 1. The molecule has 0 aromatic carbocycles. The van der Waals surface area contributed by atoms with Crippen LogP contribution in [-0.4, -0.2) is 23.8 Å². The maximum Gasteiger partial charge on any atom is 0.0639 e. The normalized spacial score (nSPS) is 24.7. The van der Waals surface area contributed by atoms with E-state index in [1.165, 1.54) is 12.1 Å². The first-order chi connectivity index (χ1) is 8.18. The average molecular weight is 236 g/mol. The van der Waals surface area contributed by atoms with Gasteiger partial charge in [0.05, 0.1) is 6.10 Å². The van der Waals surface area contributed by atoms with Gasteiger partial charge in [-0.25, -0.2) is 0 Å². The lowest BCUT2D eigenvalue weighted by Gasteiger charge is -2.22. The van der Waals surface area contributed by atoms with Crippen molar-refractivity contribution in [3.63, 3.8) is 0 Å². The van der Waals surface area contributed by atoms with Crippen molar-refractivity contribution in [2.45, 2.75) is 32.9 Å². The van der Waals surface area contributed by atoms with E-state index in [1.807, 2.05) is 0 Å². The number of rotatable bonds is 5. The van der Waals surface area contributed by atoms with Crippen molar-refractivity contribution < 1.29 is 4.74 Å². The standard InChI is InChI=1S/C14H24N2O/c1-11(2)14-12(6-8-17-14)9-15-10-13-5-4-7-16(13)3/h4-5,7,11-12,14-15H,6,8-10H2,1-3H3/t12-,14-/m1/s1. The molecule has 1 aliphatic heterocycles. The molecule has 2 heterocycles. The van der Waals surface area contributed by atoms with E-state index in [9.17, 15) is 0 Å². The Kier molecular flexibility index (Phi) is 4.24. The maximum atomic E-state index is 5.79. The zero-order valence-corrected chi connectivity index (χ0v) is 11.1. The first kappa shape index (κ1) is 12.7. The van der Waals surface area contributed by atoms with E-state index in [4.69, 9.17) is 4.74 Å². The highest BCUT2D eigenvalue weighted by Gasteiger charge is 2.30. The quantitative estimate of drug-likeness (QED) is 0.848. The van der Waals surface area contributed by atoms with Crippen LogP contribution < -0.4 is 5.32 Å². The van der Waals surface area contributed by atoms with Crippen LogP contribution in [0.3, 0.4) is 0 Å². The van der Waals surface area contributed by atoms with Gasteiger partial charge in [0.15, 0.2) is 0 Å². The van der Waals surface area contributed by atoms with Crippen LogP contribution in [0.1, 0.15) is 26.0 Å². The molecule has 2 atom stereocenters. The van der Waals surface area contributed by atoms with E-state index < -0.39 is 0 Å². The van der Waals surface area contributed by atoms with Gasteiger partial charge in [0.25, 0.3) is 0 Å². The van der Waals surface area contributed by atoms with Crippen molar-refractivity contribution in [1.29, 1.82) is 0 Å². The van der Waals surface area contributed by atoms with Gasteiger partial charge >= 0.3 is 0 Å². The van der Waals surface area contributed by atoms with Gasteiger partial charge in [-0.15, -0.1) is 0 Å². The average Bonchev–Trinajstić information content (AvgIpc) is 2.88. The first-order valence-electron chi connectivity index (χ1n) is 6.61. The van der Waals surface area contributed by atoms with E-state index >= 15 is 0 Å². The Hall–Kier alpha value is -0.800. The second kappa shape index (κ2) is 5.69. The summed E-state index contributed by atoms with van der Waals surface area (Å²) in [6.45, 7) is 7.44. The van der Waals surface area contributed by atoms with Crippen LogP contribution in [0.25, 0.3) is 0 Å². The number of aromatic nitrogens is 1. The van der Waals surface area contributed by atoms with Gasteiger partial charge in [-0.2, -0.15) is 0 Å². The highest BCUT2D eigenvalue weighted by molar-refractivity contribution is 5.05. The van der Waals surface area contributed by atoms with Gasteiger partial charge < -0.3 is 14.6 Å². The van der Waals surface area contributed by atoms with Crippen LogP contribution in [0.5, 0.6) is 0 Å². The summed E-state index contributed by atoms with van der Waals surface area (Å²) in [4.78, 5) is 0. The van der Waals surface area contributed by atoms with Gasteiger partial charge in [0.2, 0.25) is 0 Å². The van der Waals surface area contributed by atoms with Crippen molar-refractivity contribution in [3.05, 3.63) is 24.0 Å². The van der Waals surface area contributed by atoms with E-state index in [-0.39, 0.29) is 0 Å². The second-order valence-corrected chi connectivity index (χ2v) is 5.37. The molecule has 0 spiro atoms. The molecule has 0 bridgehead atoms. The van der Waals surface area contributed by atoms with E-state index in [0.29, 0.717) is 17.9 Å². The molecular formula is C14H24N2O. The SMILES string of the molecule is CC(C)[C@H]1OCC[C@@H]1CNCc1cccn1C. The summed E-state index contributed by atoms with van der Waals surface area (Å²) in [6, 6.07) is 4.25. The van der Waals surface area contributed by atoms with Crippen molar-refractivity contribution in [3.8, 4) is 0 Å². The maximum absolute atomic E-state index is 5.79. The van der Waals surface area contributed by atoms with E-state index in [2.05, 4.69) is 49.1 Å². The molecular weight excluding hydrogens is 212 g/mol. The molecule has 0 saturated carbocycles. The lowest BCUT2D eigenvalue weighted by Crippen LogP contribution is -2.31. The largest absolute Gasteiger partial charge is 0.378 e. The number of hydrogen-bond donors (Lipinski definition) is 1.